The number of rotatable bonds is 6. The highest BCUT2D eigenvalue weighted by Crippen LogP contribution is 2.22. The molecule has 1 aliphatic rings. The van der Waals surface area contributed by atoms with E-state index in [1.807, 2.05) is 30.3 Å². The summed E-state index contributed by atoms with van der Waals surface area (Å²) in [4.78, 5) is 25.8. The van der Waals surface area contributed by atoms with Crippen molar-refractivity contribution in [1.29, 1.82) is 0 Å². The Balaban J connectivity index is 2.28. The van der Waals surface area contributed by atoms with Gasteiger partial charge >= 0.3 is 0 Å². The Morgan fingerprint density at radius 1 is 1.12 bits per heavy atom. The average molecular weight is 352 g/mol. The van der Waals surface area contributed by atoms with Crippen LogP contribution in [0.4, 0.5) is 0 Å². The molecule has 2 amide bonds. The van der Waals surface area contributed by atoms with E-state index in [1.165, 1.54) is 0 Å². The van der Waals surface area contributed by atoms with E-state index in [0.717, 1.165) is 5.56 Å². The van der Waals surface area contributed by atoms with Crippen LogP contribution in [0.15, 0.2) is 30.3 Å². The molecule has 7 heteroatoms. The van der Waals surface area contributed by atoms with Crippen LogP contribution in [0.1, 0.15) is 32.3 Å². The van der Waals surface area contributed by atoms with E-state index in [4.69, 9.17) is 0 Å². The minimum Gasteiger partial charge on any atom is -0.350 e. The molecule has 1 aromatic carbocycles. The highest BCUT2D eigenvalue weighted by Gasteiger charge is 2.42. The molecule has 2 rings (SSSR count). The van der Waals surface area contributed by atoms with Crippen molar-refractivity contribution in [2.24, 2.45) is 0 Å². The van der Waals surface area contributed by atoms with Gasteiger partial charge in [-0.2, -0.15) is 0 Å². The maximum absolute atomic E-state index is 12.4. The van der Waals surface area contributed by atoms with Gasteiger partial charge in [-0.05, 0) is 5.56 Å². The number of carbonyl (C=O) groups excluding carboxylic acids is 2. The molecular formula is C17H24N2O4S. The van der Waals surface area contributed by atoms with E-state index < -0.39 is 21.9 Å². The van der Waals surface area contributed by atoms with Crippen molar-refractivity contribution in [3.8, 4) is 0 Å². The Hall–Kier alpha value is -1.89. The average Bonchev–Trinajstić information content (AvgIpc) is 2.86. The maximum atomic E-state index is 12.4. The van der Waals surface area contributed by atoms with E-state index in [9.17, 15) is 18.0 Å². The largest absolute Gasteiger partial charge is 0.350 e. The van der Waals surface area contributed by atoms with Crippen molar-refractivity contribution < 1.29 is 18.0 Å². The van der Waals surface area contributed by atoms with Crippen LogP contribution in [0.5, 0.6) is 0 Å². The summed E-state index contributed by atoms with van der Waals surface area (Å²) < 4.78 is 24.2. The monoisotopic (exact) mass is 352 g/mol. The first-order chi connectivity index (χ1) is 11.4. The Morgan fingerprint density at radius 3 is 2.38 bits per heavy atom. The molecule has 1 heterocycles. The summed E-state index contributed by atoms with van der Waals surface area (Å²) in [5, 5.41) is 2.77. The van der Waals surface area contributed by atoms with Crippen molar-refractivity contribution in [3.05, 3.63) is 35.9 Å². The van der Waals surface area contributed by atoms with Crippen LogP contribution < -0.4 is 5.32 Å². The van der Waals surface area contributed by atoms with Gasteiger partial charge in [-0.25, -0.2) is 8.42 Å². The molecule has 132 valence electrons. The van der Waals surface area contributed by atoms with Gasteiger partial charge in [0.2, 0.25) is 11.8 Å². The molecule has 0 aromatic heterocycles. The predicted molar refractivity (Wildman–Crippen MR) is 91.9 cm³/mol. The quantitative estimate of drug-likeness (QED) is 0.831. The van der Waals surface area contributed by atoms with Gasteiger partial charge in [-0.1, -0.05) is 44.2 Å². The fourth-order valence-corrected chi connectivity index (χ4v) is 4.88. The summed E-state index contributed by atoms with van der Waals surface area (Å²) in [6.45, 7) is 3.81. The van der Waals surface area contributed by atoms with Gasteiger partial charge in [0.05, 0.1) is 23.6 Å². The smallest absolute Gasteiger partial charge is 0.222 e. The molecule has 0 radical (unpaired) electrons. The molecule has 2 atom stereocenters. The SMILES string of the molecule is CCC(=O)N[C@H]1CS(=O)(=O)C[C@@H]1N(Cc1ccccc1)C(=O)CC. The maximum Gasteiger partial charge on any atom is 0.222 e. The number of hydrogen-bond donors (Lipinski definition) is 1. The van der Waals surface area contributed by atoms with Gasteiger partial charge in [0.25, 0.3) is 0 Å². The van der Waals surface area contributed by atoms with Gasteiger partial charge in [-0.3, -0.25) is 9.59 Å². The van der Waals surface area contributed by atoms with Gasteiger partial charge in [-0.15, -0.1) is 0 Å². The first-order valence-corrected chi connectivity index (χ1v) is 10.0. The summed E-state index contributed by atoms with van der Waals surface area (Å²) in [5.41, 5.74) is 0.934. The van der Waals surface area contributed by atoms with Crippen LogP contribution in [0.2, 0.25) is 0 Å². The Bertz CT molecular complexity index is 688. The number of nitrogens with one attached hydrogen (secondary N) is 1. The highest BCUT2D eigenvalue weighted by atomic mass is 32.2. The van der Waals surface area contributed by atoms with Gasteiger partial charge in [0, 0.05) is 19.4 Å². The zero-order chi connectivity index (χ0) is 17.7. The summed E-state index contributed by atoms with van der Waals surface area (Å²) in [7, 11) is -3.29. The number of nitrogens with zero attached hydrogens (tertiary/aromatic N) is 1. The molecule has 6 nitrogen and oxygen atoms in total. The van der Waals surface area contributed by atoms with Crippen LogP contribution in [0, 0.1) is 0 Å². The second-order valence-electron chi connectivity index (χ2n) is 6.03. The van der Waals surface area contributed by atoms with Crippen molar-refractivity contribution in [1.82, 2.24) is 10.2 Å². The van der Waals surface area contributed by atoms with E-state index in [1.54, 1.807) is 18.7 Å². The molecule has 1 N–H and O–H groups in total. The molecule has 1 saturated heterocycles. The van der Waals surface area contributed by atoms with Crippen molar-refractivity contribution >= 4 is 21.7 Å². The van der Waals surface area contributed by atoms with Crippen LogP contribution in [0.25, 0.3) is 0 Å². The Morgan fingerprint density at radius 2 is 1.79 bits per heavy atom. The minimum absolute atomic E-state index is 0.111. The molecule has 0 saturated carbocycles. The lowest BCUT2D eigenvalue weighted by Gasteiger charge is -2.32. The van der Waals surface area contributed by atoms with E-state index in [-0.39, 0.29) is 36.2 Å². The third-order valence-electron chi connectivity index (χ3n) is 4.21. The Kier molecular flexibility index (Phi) is 5.99. The standard InChI is InChI=1S/C17H24N2O4S/c1-3-16(20)18-14-11-24(22,23)12-15(14)19(17(21)4-2)10-13-8-6-5-7-9-13/h5-9,14-15H,3-4,10-12H2,1-2H3,(H,18,20)/t14-,15-/m0/s1. The highest BCUT2D eigenvalue weighted by molar-refractivity contribution is 7.91. The fraction of sp³-hybridized carbons (Fsp3) is 0.529. The van der Waals surface area contributed by atoms with E-state index >= 15 is 0 Å². The Labute approximate surface area is 143 Å². The lowest BCUT2D eigenvalue weighted by Crippen LogP contribution is -2.52. The first-order valence-electron chi connectivity index (χ1n) is 8.19. The predicted octanol–water partition coefficient (Wildman–Crippen LogP) is 1.12. The molecule has 1 fully saturated rings. The second kappa shape index (κ2) is 7.79. The molecule has 24 heavy (non-hydrogen) atoms. The van der Waals surface area contributed by atoms with Crippen molar-refractivity contribution in [2.45, 2.75) is 45.3 Å². The normalized spacial score (nSPS) is 22.1. The molecule has 1 aromatic rings. The number of benzene rings is 1. The van der Waals surface area contributed by atoms with Gasteiger partial charge < -0.3 is 10.2 Å². The van der Waals surface area contributed by atoms with E-state index in [2.05, 4.69) is 5.32 Å². The number of hydrogen-bond acceptors (Lipinski definition) is 4. The fourth-order valence-electron chi connectivity index (χ4n) is 2.96. The third kappa shape index (κ3) is 4.56. The third-order valence-corrected chi connectivity index (χ3v) is 5.93. The van der Waals surface area contributed by atoms with Crippen LogP contribution in [0.3, 0.4) is 0 Å². The summed E-state index contributed by atoms with van der Waals surface area (Å²) in [6, 6.07) is 8.37. The van der Waals surface area contributed by atoms with E-state index in [0.29, 0.717) is 6.54 Å². The minimum atomic E-state index is -3.29. The molecule has 0 bridgehead atoms. The summed E-state index contributed by atoms with van der Waals surface area (Å²) in [6.07, 6.45) is 0.571. The van der Waals surface area contributed by atoms with Crippen molar-refractivity contribution in [2.75, 3.05) is 11.5 Å². The zero-order valence-corrected chi connectivity index (χ0v) is 14.9. The lowest BCUT2D eigenvalue weighted by atomic mass is 10.1. The zero-order valence-electron chi connectivity index (χ0n) is 14.1. The molecule has 0 unspecified atom stereocenters. The second-order valence-corrected chi connectivity index (χ2v) is 8.19. The summed E-state index contributed by atoms with van der Waals surface area (Å²) in [5.74, 6) is -0.547. The topological polar surface area (TPSA) is 83.6 Å². The number of carbonyl (C=O) groups is 2. The molecule has 0 spiro atoms. The number of sulfone groups is 1. The first kappa shape index (κ1) is 18.4. The van der Waals surface area contributed by atoms with Gasteiger partial charge in [0.15, 0.2) is 9.84 Å². The summed E-state index contributed by atoms with van der Waals surface area (Å²) >= 11 is 0. The van der Waals surface area contributed by atoms with Gasteiger partial charge in [0.1, 0.15) is 0 Å². The van der Waals surface area contributed by atoms with Crippen LogP contribution in [-0.4, -0.2) is 48.7 Å². The molecule has 0 aliphatic carbocycles. The number of amides is 2. The molecular weight excluding hydrogens is 328 g/mol. The van der Waals surface area contributed by atoms with Crippen molar-refractivity contribution in [3.63, 3.8) is 0 Å². The van der Waals surface area contributed by atoms with Crippen LogP contribution >= 0.6 is 0 Å². The lowest BCUT2D eigenvalue weighted by molar-refractivity contribution is -0.134. The molecule has 1 aliphatic heterocycles. The van der Waals surface area contributed by atoms with Crippen LogP contribution in [-0.2, 0) is 26.0 Å².